The lowest BCUT2D eigenvalue weighted by Gasteiger charge is -2.28. The number of nitrogens with zero attached hydrogens (tertiary/aromatic N) is 6. The summed E-state index contributed by atoms with van der Waals surface area (Å²) in [5.41, 5.74) is 5.79. The molecule has 1 aliphatic heterocycles. The number of fused-ring (bicyclic) bond motifs is 2. The zero-order valence-corrected chi connectivity index (χ0v) is 15.3. The Morgan fingerprint density at radius 2 is 2.08 bits per heavy atom. The molecule has 0 saturated heterocycles. The quantitative estimate of drug-likeness (QED) is 0.560. The van der Waals surface area contributed by atoms with Gasteiger partial charge >= 0.3 is 0 Å². The molecule has 0 aromatic carbocycles. The fraction of sp³-hybridized carbons (Fsp3) is 0.263. The molecular formula is C19H18N6S. The predicted octanol–water partition coefficient (Wildman–Crippen LogP) is 3.11. The maximum atomic E-state index is 4.79. The van der Waals surface area contributed by atoms with Crippen molar-refractivity contribution < 1.29 is 0 Å². The summed E-state index contributed by atoms with van der Waals surface area (Å²) in [7, 11) is 0. The van der Waals surface area contributed by atoms with Crippen molar-refractivity contribution in [2.45, 2.75) is 26.4 Å². The van der Waals surface area contributed by atoms with Gasteiger partial charge in [-0.05, 0) is 19.1 Å². The first-order valence-corrected chi connectivity index (χ1v) is 9.54. The first kappa shape index (κ1) is 15.6. The van der Waals surface area contributed by atoms with Crippen LogP contribution in [0, 0.1) is 6.92 Å². The smallest absolute Gasteiger partial charge is 0.194 e. The van der Waals surface area contributed by atoms with Crippen LogP contribution in [0.4, 0.5) is 0 Å². The van der Waals surface area contributed by atoms with Crippen LogP contribution >= 0.6 is 11.3 Å². The third-order valence-electron chi connectivity index (χ3n) is 4.89. The van der Waals surface area contributed by atoms with Crippen molar-refractivity contribution in [2.24, 2.45) is 0 Å². The summed E-state index contributed by atoms with van der Waals surface area (Å²) in [5.74, 6) is 0.784. The topological polar surface area (TPSA) is 59.2 Å². The van der Waals surface area contributed by atoms with Gasteiger partial charge in [-0.25, -0.2) is 15.0 Å². The number of rotatable bonds is 3. The van der Waals surface area contributed by atoms with Crippen molar-refractivity contribution in [3.05, 3.63) is 64.9 Å². The third-order valence-corrected chi connectivity index (χ3v) is 5.64. The van der Waals surface area contributed by atoms with Gasteiger partial charge in [0, 0.05) is 67.3 Å². The number of pyridine rings is 1. The molecule has 0 bridgehead atoms. The van der Waals surface area contributed by atoms with Crippen molar-refractivity contribution in [2.75, 3.05) is 6.54 Å². The molecule has 130 valence electrons. The minimum atomic E-state index is 0.784. The fourth-order valence-electron chi connectivity index (χ4n) is 3.49. The van der Waals surface area contributed by atoms with Gasteiger partial charge in [0.2, 0.25) is 0 Å². The van der Waals surface area contributed by atoms with Gasteiger partial charge in [-0.3, -0.25) is 14.3 Å². The summed E-state index contributed by atoms with van der Waals surface area (Å²) < 4.78 is 2.21. The third kappa shape index (κ3) is 2.69. The van der Waals surface area contributed by atoms with Gasteiger partial charge in [-0.2, -0.15) is 0 Å². The summed E-state index contributed by atoms with van der Waals surface area (Å²) in [5, 5.41) is 2.09. The zero-order chi connectivity index (χ0) is 17.5. The summed E-state index contributed by atoms with van der Waals surface area (Å²) in [4.78, 5) is 21.6. The van der Waals surface area contributed by atoms with E-state index in [9.17, 15) is 0 Å². The second kappa shape index (κ2) is 6.26. The number of hydrogen-bond acceptors (Lipinski definition) is 6. The fourth-order valence-corrected chi connectivity index (χ4v) is 4.27. The zero-order valence-electron chi connectivity index (χ0n) is 14.5. The summed E-state index contributed by atoms with van der Waals surface area (Å²) in [6, 6.07) is 3.90. The highest BCUT2D eigenvalue weighted by Crippen LogP contribution is 2.24. The van der Waals surface area contributed by atoms with Crippen molar-refractivity contribution in [1.82, 2.24) is 29.2 Å². The largest absolute Gasteiger partial charge is 0.293 e. The Morgan fingerprint density at radius 3 is 2.96 bits per heavy atom. The molecule has 0 spiro atoms. The average molecular weight is 362 g/mol. The molecule has 6 nitrogen and oxygen atoms in total. The highest BCUT2D eigenvalue weighted by atomic mass is 32.1. The van der Waals surface area contributed by atoms with Gasteiger partial charge in [0.25, 0.3) is 0 Å². The lowest BCUT2D eigenvalue weighted by atomic mass is 10.1. The van der Waals surface area contributed by atoms with E-state index in [1.165, 1.54) is 11.3 Å². The molecule has 26 heavy (non-hydrogen) atoms. The number of hydrogen-bond donors (Lipinski definition) is 0. The van der Waals surface area contributed by atoms with Gasteiger partial charge in [0.1, 0.15) is 0 Å². The Morgan fingerprint density at radius 1 is 1.19 bits per heavy atom. The van der Waals surface area contributed by atoms with E-state index in [1.54, 1.807) is 23.7 Å². The minimum absolute atomic E-state index is 0.784. The first-order valence-electron chi connectivity index (χ1n) is 8.66. The molecule has 7 heteroatoms. The van der Waals surface area contributed by atoms with E-state index in [0.29, 0.717) is 0 Å². The van der Waals surface area contributed by atoms with Gasteiger partial charge in [0.15, 0.2) is 10.8 Å². The van der Waals surface area contributed by atoms with E-state index < -0.39 is 0 Å². The number of aryl methyl sites for hydroxylation is 1. The SMILES string of the molecule is Cc1nc2sccn2c1CN1CCc2nc(-c3ccncc3)ncc2C1. The van der Waals surface area contributed by atoms with Crippen LogP contribution in [0.15, 0.2) is 42.3 Å². The lowest BCUT2D eigenvalue weighted by Crippen LogP contribution is -2.31. The van der Waals surface area contributed by atoms with Gasteiger partial charge in [-0.15, -0.1) is 11.3 Å². The monoisotopic (exact) mass is 362 g/mol. The van der Waals surface area contributed by atoms with E-state index in [4.69, 9.17) is 4.98 Å². The highest BCUT2D eigenvalue weighted by molar-refractivity contribution is 7.15. The summed E-state index contributed by atoms with van der Waals surface area (Å²) in [6.45, 7) is 4.87. The van der Waals surface area contributed by atoms with Crippen LogP contribution in [0.5, 0.6) is 0 Å². The van der Waals surface area contributed by atoms with Crippen LogP contribution in [0.25, 0.3) is 16.3 Å². The van der Waals surface area contributed by atoms with E-state index in [-0.39, 0.29) is 0 Å². The van der Waals surface area contributed by atoms with E-state index in [2.05, 4.69) is 42.8 Å². The Hall–Kier alpha value is -2.64. The summed E-state index contributed by atoms with van der Waals surface area (Å²) >= 11 is 1.68. The van der Waals surface area contributed by atoms with Crippen LogP contribution in [-0.4, -0.2) is 35.8 Å². The van der Waals surface area contributed by atoms with Crippen molar-refractivity contribution in [1.29, 1.82) is 0 Å². The Balaban J connectivity index is 1.39. The van der Waals surface area contributed by atoms with Crippen molar-refractivity contribution >= 4 is 16.3 Å². The highest BCUT2D eigenvalue weighted by Gasteiger charge is 2.21. The minimum Gasteiger partial charge on any atom is -0.293 e. The van der Waals surface area contributed by atoms with Crippen LogP contribution in [0.2, 0.25) is 0 Å². The van der Waals surface area contributed by atoms with Crippen molar-refractivity contribution in [3.8, 4) is 11.4 Å². The van der Waals surface area contributed by atoms with Crippen LogP contribution in [0.1, 0.15) is 22.6 Å². The van der Waals surface area contributed by atoms with Crippen molar-refractivity contribution in [3.63, 3.8) is 0 Å². The molecular weight excluding hydrogens is 344 g/mol. The molecule has 0 amide bonds. The maximum absolute atomic E-state index is 4.79. The number of imidazole rings is 1. The Bertz CT molecular complexity index is 1070. The second-order valence-corrected chi connectivity index (χ2v) is 7.43. The lowest BCUT2D eigenvalue weighted by molar-refractivity contribution is 0.239. The molecule has 5 rings (SSSR count). The van der Waals surface area contributed by atoms with Crippen LogP contribution in [-0.2, 0) is 19.5 Å². The molecule has 0 atom stereocenters. The molecule has 0 saturated carbocycles. The molecule has 4 aromatic heterocycles. The first-order chi connectivity index (χ1) is 12.8. The van der Waals surface area contributed by atoms with Crippen LogP contribution < -0.4 is 0 Å². The molecule has 1 aliphatic rings. The number of thiazole rings is 1. The van der Waals surface area contributed by atoms with Gasteiger partial charge in [0.05, 0.1) is 17.1 Å². The molecule has 0 N–H and O–H groups in total. The van der Waals surface area contributed by atoms with E-state index in [0.717, 1.165) is 53.8 Å². The standard InChI is InChI=1S/C19H18N6S/c1-13-17(25-8-9-26-19(25)22-13)12-24-7-4-16-15(11-24)10-21-18(23-16)14-2-5-20-6-3-14/h2-3,5-6,8-10H,4,7,11-12H2,1H3. The number of aromatic nitrogens is 5. The molecule has 0 aliphatic carbocycles. The molecule has 5 heterocycles. The van der Waals surface area contributed by atoms with E-state index in [1.807, 2.05) is 18.3 Å². The molecule has 0 unspecified atom stereocenters. The Labute approximate surface area is 155 Å². The normalized spacial score (nSPS) is 14.7. The maximum Gasteiger partial charge on any atom is 0.194 e. The second-order valence-electron chi connectivity index (χ2n) is 6.56. The predicted molar refractivity (Wildman–Crippen MR) is 101 cm³/mol. The van der Waals surface area contributed by atoms with Crippen LogP contribution in [0.3, 0.4) is 0 Å². The molecule has 0 fully saturated rings. The van der Waals surface area contributed by atoms with Gasteiger partial charge < -0.3 is 0 Å². The summed E-state index contributed by atoms with van der Waals surface area (Å²) in [6.07, 6.45) is 8.59. The Kier molecular flexibility index (Phi) is 3.76. The van der Waals surface area contributed by atoms with Gasteiger partial charge in [-0.1, -0.05) is 0 Å². The molecule has 0 radical (unpaired) electrons. The molecule has 4 aromatic rings. The average Bonchev–Trinajstić information content (AvgIpc) is 3.24. The van der Waals surface area contributed by atoms with E-state index >= 15 is 0 Å².